The Balaban J connectivity index is 1.79. The molecular formula is C31H35Cl2NO. The van der Waals surface area contributed by atoms with Gasteiger partial charge in [0, 0.05) is 16.6 Å². The first-order valence-corrected chi connectivity index (χ1v) is 13.5. The van der Waals surface area contributed by atoms with Crippen molar-refractivity contribution in [3.8, 4) is 11.1 Å². The highest BCUT2D eigenvalue weighted by atomic mass is 35.5. The van der Waals surface area contributed by atoms with Gasteiger partial charge in [-0.3, -0.25) is 0 Å². The van der Waals surface area contributed by atoms with Crippen LogP contribution in [0.2, 0.25) is 10.0 Å². The first-order chi connectivity index (χ1) is 16.9. The van der Waals surface area contributed by atoms with Crippen molar-refractivity contribution in [2.45, 2.75) is 52.6 Å². The highest BCUT2D eigenvalue weighted by Gasteiger charge is 2.29. The maximum Gasteiger partial charge on any atom is 0.0923 e. The van der Waals surface area contributed by atoms with Gasteiger partial charge in [-0.25, -0.2) is 0 Å². The number of halogens is 2. The normalized spacial score (nSPS) is 14.4. The summed E-state index contributed by atoms with van der Waals surface area (Å²) in [4.78, 5) is 2.40. The van der Waals surface area contributed by atoms with E-state index < -0.39 is 6.10 Å². The van der Waals surface area contributed by atoms with E-state index in [0.29, 0.717) is 11.6 Å². The molecule has 0 aromatic heterocycles. The van der Waals surface area contributed by atoms with Gasteiger partial charge in [-0.1, -0.05) is 85.8 Å². The summed E-state index contributed by atoms with van der Waals surface area (Å²) < 4.78 is 0. The van der Waals surface area contributed by atoms with E-state index in [-0.39, 0.29) is 0 Å². The van der Waals surface area contributed by atoms with Gasteiger partial charge in [0.05, 0.1) is 6.10 Å². The van der Waals surface area contributed by atoms with E-state index in [1.54, 1.807) is 0 Å². The van der Waals surface area contributed by atoms with E-state index in [2.05, 4.69) is 49.9 Å². The standard InChI is InChI=1S/C31H35Cl2NO/c1-4-6-14-34(15-7-5-2)20-30(35)29-19-24(33)18-28-27(17-22-9-11-23(32)12-10-22)26-16-21(3)8-13-25(26)31(28)29/h8-13,16-19,30,35H,4-7,14-15,20H2,1-3H3/b27-17-. The molecule has 0 saturated heterocycles. The summed E-state index contributed by atoms with van der Waals surface area (Å²) in [6.07, 6.45) is 6.16. The number of hydrogen-bond acceptors (Lipinski definition) is 2. The maximum atomic E-state index is 11.5. The number of aliphatic hydroxyl groups excluding tert-OH is 1. The molecule has 1 N–H and O–H groups in total. The van der Waals surface area contributed by atoms with Crippen LogP contribution in [0.1, 0.15) is 73.5 Å². The van der Waals surface area contributed by atoms with Crippen LogP contribution in [0.4, 0.5) is 0 Å². The molecule has 2 nitrogen and oxygen atoms in total. The van der Waals surface area contributed by atoms with E-state index in [4.69, 9.17) is 23.2 Å². The Morgan fingerprint density at radius 1 is 0.829 bits per heavy atom. The van der Waals surface area contributed by atoms with Crippen molar-refractivity contribution in [2.24, 2.45) is 0 Å². The lowest BCUT2D eigenvalue weighted by atomic mass is 9.94. The number of fused-ring (bicyclic) bond motifs is 3. The Morgan fingerprint density at radius 2 is 1.51 bits per heavy atom. The van der Waals surface area contributed by atoms with Gasteiger partial charge in [0.15, 0.2) is 0 Å². The van der Waals surface area contributed by atoms with E-state index in [1.165, 1.54) is 11.1 Å². The van der Waals surface area contributed by atoms with E-state index >= 15 is 0 Å². The van der Waals surface area contributed by atoms with Crippen molar-refractivity contribution in [3.05, 3.63) is 92.5 Å². The first-order valence-electron chi connectivity index (χ1n) is 12.7. The average molecular weight is 509 g/mol. The molecule has 0 radical (unpaired) electrons. The fraction of sp³-hybridized carbons (Fsp3) is 0.355. The molecule has 0 fully saturated rings. The lowest BCUT2D eigenvalue weighted by Gasteiger charge is -2.26. The minimum absolute atomic E-state index is 0.611. The molecule has 0 aliphatic heterocycles. The van der Waals surface area contributed by atoms with Gasteiger partial charge in [0.1, 0.15) is 0 Å². The van der Waals surface area contributed by atoms with E-state index in [9.17, 15) is 5.11 Å². The third-order valence-corrected chi connectivity index (χ3v) is 7.26. The van der Waals surface area contributed by atoms with Gasteiger partial charge in [0.25, 0.3) is 0 Å². The highest BCUT2D eigenvalue weighted by molar-refractivity contribution is 6.31. The van der Waals surface area contributed by atoms with Crippen molar-refractivity contribution in [2.75, 3.05) is 19.6 Å². The van der Waals surface area contributed by atoms with E-state index in [0.717, 1.165) is 77.2 Å². The lowest BCUT2D eigenvalue weighted by Crippen LogP contribution is -2.31. The van der Waals surface area contributed by atoms with Crippen molar-refractivity contribution < 1.29 is 5.11 Å². The predicted molar refractivity (Wildman–Crippen MR) is 151 cm³/mol. The summed E-state index contributed by atoms with van der Waals surface area (Å²) in [5.74, 6) is 0. The van der Waals surface area contributed by atoms with Crippen LogP contribution in [0.25, 0.3) is 22.8 Å². The van der Waals surface area contributed by atoms with Gasteiger partial charge in [-0.15, -0.1) is 0 Å². The smallest absolute Gasteiger partial charge is 0.0923 e. The summed E-state index contributed by atoms with van der Waals surface area (Å²) in [5.41, 5.74) is 8.85. The van der Waals surface area contributed by atoms with Crippen molar-refractivity contribution in [3.63, 3.8) is 0 Å². The molecule has 3 aromatic rings. The zero-order valence-electron chi connectivity index (χ0n) is 21.0. The largest absolute Gasteiger partial charge is 0.387 e. The molecule has 0 bridgehead atoms. The number of hydrogen-bond donors (Lipinski definition) is 1. The van der Waals surface area contributed by atoms with Crippen LogP contribution in [-0.4, -0.2) is 29.6 Å². The minimum atomic E-state index is -0.611. The monoisotopic (exact) mass is 507 g/mol. The number of unbranched alkanes of at least 4 members (excludes halogenated alkanes) is 2. The summed E-state index contributed by atoms with van der Waals surface area (Å²) in [6.45, 7) is 9.18. The Bertz CT molecular complexity index is 1190. The second-order valence-electron chi connectivity index (χ2n) is 9.60. The third kappa shape index (κ3) is 6.01. The number of benzene rings is 3. The zero-order chi connectivity index (χ0) is 24.9. The fourth-order valence-electron chi connectivity index (χ4n) is 4.93. The van der Waals surface area contributed by atoms with Gasteiger partial charge in [-0.05, 0) is 102 Å². The zero-order valence-corrected chi connectivity index (χ0v) is 22.5. The minimum Gasteiger partial charge on any atom is -0.387 e. The summed E-state index contributed by atoms with van der Waals surface area (Å²) in [5, 5.41) is 12.9. The van der Waals surface area contributed by atoms with Crippen LogP contribution in [0.15, 0.2) is 54.6 Å². The SMILES string of the molecule is CCCCN(CCCC)CC(O)c1cc(Cl)cc2c1-c1ccc(C)cc1/C2=C/c1ccc(Cl)cc1. The molecule has 4 heteroatoms. The van der Waals surface area contributed by atoms with Gasteiger partial charge >= 0.3 is 0 Å². The predicted octanol–water partition coefficient (Wildman–Crippen LogP) is 8.81. The molecule has 35 heavy (non-hydrogen) atoms. The quantitative estimate of drug-likeness (QED) is 0.231. The molecule has 3 aromatic carbocycles. The first kappa shape index (κ1) is 26.0. The van der Waals surface area contributed by atoms with E-state index in [1.807, 2.05) is 36.4 Å². The second kappa shape index (κ2) is 11.8. The van der Waals surface area contributed by atoms with Crippen LogP contribution in [0.3, 0.4) is 0 Å². The van der Waals surface area contributed by atoms with Crippen LogP contribution >= 0.6 is 23.2 Å². The molecule has 1 aliphatic rings. The molecule has 1 aliphatic carbocycles. The van der Waals surface area contributed by atoms with Crippen molar-refractivity contribution in [1.29, 1.82) is 0 Å². The number of nitrogens with zero attached hydrogens (tertiary/aromatic N) is 1. The number of aliphatic hydroxyl groups is 1. The molecular weight excluding hydrogens is 473 g/mol. The average Bonchev–Trinajstić information content (AvgIpc) is 3.13. The van der Waals surface area contributed by atoms with Gasteiger partial charge < -0.3 is 10.0 Å². The summed E-state index contributed by atoms with van der Waals surface area (Å²) in [6, 6.07) is 18.4. The molecule has 1 unspecified atom stereocenters. The molecule has 0 amide bonds. The maximum absolute atomic E-state index is 11.5. The number of rotatable bonds is 10. The van der Waals surface area contributed by atoms with Gasteiger partial charge in [0.2, 0.25) is 0 Å². The summed E-state index contributed by atoms with van der Waals surface area (Å²) >= 11 is 12.8. The molecule has 0 heterocycles. The van der Waals surface area contributed by atoms with Crippen molar-refractivity contribution in [1.82, 2.24) is 4.90 Å². The molecule has 1 atom stereocenters. The topological polar surface area (TPSA) is 23.5 Å². The van der Waals surface area contributed by atoms with Crippen LogP contribution in [0, 0.1) is 6.92 Å². The van der Waals surface area contributed by atoms with Crippen LogP contribution < -0.4 is 0 Å². The van der Waals surface area contributed by atoms with Crippen LogP contribution in [-0.2, 0) is 0 Å². The second-order valence-corrected chi connectivity index (χ2v) is 10.5. The molecule has 184 valence electrons. The van der Waals surface area contributed by atoms with Crippen molar-refractivity contribution >= 4 is 34.9 Å². The Labute approximate surface area is 220 Å². The highest BCUT2D eigenvalue weighted by Crippen LogP contribution is 2.49. The third-order valence-electron chi connectivity index (χ3n) is 6.79. The van der Waals surface area contributed by atoms with Gasteiger partial charge in [-0.2, -0.15) is 0 Å². The molecule has 0 saturated carbocycles. The lowest BCUT2D eigenvalue weighted by molar-refractivity contribution is 0.111. The van der Waals surface area contributed by atoms with Crippen LogP contribution in [0.5, 0.6) is 0 Å². The number of aryl methyl sites for hydroxylation is 1. The summed E-state index contributed by atoms with van der Waals surface area (Å²) in [7, 11) is 0. The fourth-order valence-corrected chi connectivity index (χ4v) is 5.28. The Morgan fingerprint density at radius 3 is 2.17 bits per heavy atom. The molecule has 0 spiro atoms. The molecule has 4 rings (SSSR count). The Kier molecular flexibility index (Phi) is 8.73. The Hall–Kier alpha value is -2.10.